The molecule has 1 atom stereocenters. The van der Waals surface area contributed by atoms with Crippen LogP contribution in [0.2, 0.25) is 0 Å². The molecule has 0 aromatic carbocycles. The fourth-order valence-corrected chi connectivity index (χ4v) is 2.36. The Morgan fingerprint density at radius 3 is 3.07 bits per heavy atom. The van der Waals surface area contributed by atoms with Gasteiger partial charge in [-0.3, -0.25) is 0 Å². The Labute approximate surface area is 93.2 Å². The maximum atomic E-state index is 5.31. The summed E-state index contributed by atoms with van der Waals surface area (Å²) < 4.78 is 5.31. The Morgan fingerprint density at radius 1 is 1.60 bits per heavy atom. The molecule has 0 aliphatic carbocycles. The lowest BCUT2D eigenvalue weighted by Crippen LogP contribution is -2.15. The molecule has 0 fully saturated rings. The van der Waals surface area contributed by atoms with E-state index in [2.05, 4.69) is 22.6 Å². The first kappa shape index (κ1) is 10.4. The molecule has 0 aliphatic heterocycles. The lowest BCUT2D eigenvalue weighted by molar-refractivity contribution is 0.561. The van der Waals surface area contributed by atoms with Crippen LogP contribution in [0.25, 0.3) is 10.8 Å². The van der Waals surface area contributed by atoms with E-state index < -0.39 is 0 Å². The predicted octanol–water partition coefficient (Wildman–Crippen LogP) is 3.07. The van der Waals surface area contributed by atoms with Crippen molar-refractivity contribution in [1.29, 1.82) is 0 Å². The zero-order chi connectivity index (χ0) is 10.7. The molecule has 1 unspecified atom stereocenters. The van der Waals surface area contributed by atoms with E-state index in [0.29, 0.717) is 6.04 Å². The third-order valence-corrected chi connectivity index (χ3v) is 3.24. The summed E-state index contributed by atoms with van der Waals surface area (Å²) in [6.07, 6.45) is 2.71. The van der Waals surface area contributed by atoms with Gasteiger partial charge in [0.25, 0.3) is 0 Å². The highest BCUT2D eigenvalue weighted by atomic mass is 32.1. The van der Waals surface area contributed by atoms with Gasteiger partial charge in [0.15, 0.2) is 10.8 Å². The van der Waals surface area contributed by atoms with E-state index in [1.165, 1.54) is 0 Å². The summed E-state index contributed by atoms with van der Waals surface area (Å²) in [5, 5.41) is 6.27. The molecule has 2 rings (SSSR count). The number of nitrogens with one attached hydrogen (secondary N) is 1. The molecule has 0 saturated carbocycles. The first-order valence-electron chi connectivity index (χ1n) is 5.01. The van der Waals surface area contributed by atoms with E-state index >= 15 is 0 Å². The van der Waals surface area contributed by atoms with Crippen molar-refractivity contribution >= 4 is 11.3 Å². The highest BCUT2D eigenvalue weighted by Gasteiger charge is 2.12. The Hall–Kier alpha value is -1.13. The number of furan rings is 1. The van der Waals surface area contributed by atoms with E-state index in [9.17, 15) is 0 Å². The number of rotatable bonds is 4. The smallest absolute Gasteiger partial charge is 0.162 e. The normalized spacial score (nSPS) is 12.9. The molecule has 0 spiro atoms. The predicted molar refractivity (Wildman–Crippen MR) is 61.9 cm³/mol. The second-order valence-corrected chi connectivity index (χ2v) is 4.16. The van der Waals surface area contributed by atoms with Crippen molar-refractivity contribution < 1.29 is 4.42 Å². The lowest BCUT2D eigenvalue weighted by atomic mass is 10.2. The second-order valence-electron chi connectivity index (χ2n) is 3.30. The molecule has 0 saturated heterocycles. The Bertz CT molecular complexity index is 404. The topological polar surface area (TPSA) is 38.1 Å². The molecule has 80 valence electrons. The fourth-order valence-electron chi connectivity index (χ4n) is 1.52. The molecule has 1 N–H and O–H groups in total. The summed E-state index contributed by atoms with van der Waals surface area (Å²) in [7, 11) is 1.96. The van der Waals surface area contributed by atoms with Gasteiger partial charge in [-0.15, -0.1) is 11.3 Å². The van der Waals surface area contributed by atoms with E-state index in [-0.39, 0.29) is 0 Å². The van der Waals surface area contributed by atoms with E-state index in [0.717, 1.165) is 22.9 Å². The summed E-state index contributed by atoms with van der Waals surface area (Å²) in [6.45, 7) is 2.15. The van der Waals surface area contributed by atoms with Crippen molar-refractivity contribution in [3.63, 3.8) is 0 Å². The van der Waals surface area contributed by atoms with Gasteiger partial charge in [-0.2, -0.15) is 0 Å². The molecular formula is C11H14N2OS. The monoisotopic (exact) mass is 222 g/mol. The Morgan fingerprint density at radius 2 is 2.47 bits per heavy atom. The van der Waals surface area contributed by atoms with Crippen LogP contribution >= 0.6 is 11.3 Å². The molecule has 15 heavy (non-hydrogen) atoms. The van der Waals surface area contributed by atoms with Gasteiger partial charge in [0.05, 0.1) is 12.0 Å². The van der Waals surface area contributed by atoms with E-state index in [4.69, 9.17) is 4.42 Å². The van der Waals surface area contributed by atoms with Crippen LogP contribution in [0.15, 0.2) is 28.2 Å². The first-order valence-corrected chi connectivity index (χ1v) is 5.89. The van der Waals surface area contributed by atoms with E-state index in [1.54, 1.807) is 17.6 Å². The molecule has 3 nitrogen and oxygen atoms in total. The maximum absolute atomic E-state index is 5.31. The summed E-state index contributed by atoms with van der Waals surface area (Å²) in [5.74, 6) is 0.845. The SMILES string of the molecule is CCC(NC)c1csc(-c2ccco2)n1. The van der Waals surface area contributed by atoms with Crippen LogP contribution in [0.5, 0.6) is 0 Å². The molecule has 2 heterocycles. The van der Waals surface area contributed by atoms with Crippen LogP contribution in [-0.2, 0) is 0 Å². The van der Waals surface area contributed by atoms with Gasteiger partial charge < -0.3 is 9.73 Å². The van der Waals surface area contributed by atoms with Gasteiger partial charge >= 0.3 is 0 Å². The van der Waals surface area contributed by atoms with Crippen LogP contribution in [0, 0.1) is 0 Å². The van der Waals surface area contributed by atoms with Gasteiger partial charge in [0.2, 0.25) is 0 Å². The average Bonchev–Trinajstić information content (AvgIpc) is 2.89. The Kier molecular flexibility index (Phi) is 3.18. The molecule has 0 amide bonds. The molecule has 0 radical (unpaired) electrons. The largest absolute Gasteiger partial charge is 0.462 e. The summed E-state index contributed by atoms with van der Waals surface area (Å²) in [4.78, 5) is 4.56. The molecule has 2 aromatic heterocycles. The third-order valence-electron chi connectivity index (χ3n) is 2.37. The lowest BCUT2D eigenvalue weighted by Gasteiger charge is -2.09. The average molecular weight is 222 g/mol. The summed E-state index contributed by atoms with van der Waals surface area (Å²) in [6, 6.07) is 4.15. The van der Waals surface area contributed by atoms with Crippen molar-refractivity contribution in [2.75, 3.05) is 7.05 Å². The van der Waals surface area contributed by atoms with E-state index in [1.807, 2.05) is 19.2 Å². The van der Waals surface area contributed by atoms with Crippen LogP contribution in [0.1, 0.15) is 25.1 Å². The molecule has 4 heteroatoms. The minimum Gasteiger partial charge on any atom is -0.462 e. The Balaban J connectivity index is 2.24. The number of nitrogens with zero attached hydrogens (tertiary/aromatic N) is 1. The minimum absolute atomic E-state index is 0.338. The van der Waals surface area contributed by atoms with Crippen molar-refractivity contribution in [2.24, 2.45) is 0 Å². The highest BCUT2D eigenvalue weighted by molar-refractivity contribution is 7.13. The standard InChI is InChI=1S/C11H14N2OS/c1-3-8(12-2)9-7-15-11(13-9)10-5-4-6-14-10/h4-8,12H,3H2,1-2H3. The molecular weight excluding hydrogens is 208 g/mol. The van der Waals surface area contributed by atoms with Crippen LogP contribution in [0.3, 0.4) is 0 Å². The quantitative estimate of drug-likeness (QED) is 0.864. The number of thiazole rings is 1. The van der Waals surface area contributed by atoms with Crippen LogP contribution in [-0.4, -0.2) is 12.0 Å². The van der Waals surface area contributed by atoms with Crippen molar-refractivity contribution in [3.8, 4) is 10.8 Å². The van der Waals surface area contributed by atoms with Gasteiger partial charge in [0, 0.05) is 11.4 Å². The summed E-state index contributed by atoms with van der Waals surface area (Å²) >= 11 is 1.62. The van der Waals surface area contributed by atoms with Crippen molar-refractivity contribution in [1.82, 2.24) is 10.3 Å². The van der Waals surface area contributed by atoms with Crippen LogP contribution < -0.4 is 5.32 Å². The third kappa shape index (κ3) is 2.11. The van der Waals surface area contributed by atoms with Crippen molar-refractivity contribution in [3.05, 3.63) is 29.5 Å². The zero-order valence-electron chi connectivity index (χ0n) is 8.86. The first-order chi connectivity index (χ1) is 7.35. The molecule has 0 aliphatic rings. The second kappa shape index (κ2) is 4.59. The van der Waals surface area contributed by atoms with Gasteiger partial charge in [-0.05, 0) is 25.6 Å². The fraction of sp³-hybridized carbons (Fsp3) is 0.364. The molecule has 2 aromatic rings. The van der Waals surface area contributed by atoms with Gasteiger partial charge in [-0.25, -0.2) is 4.98 Å². The number of hydrogen-bond donors (Lipinski definition) is 1. The highest BCUT2D eigenvalue weighted by Crippen LogP contribution is 2.27. The van der Waals surface area contributed by atoms with Gasteiger partial charge in [-0.1, -0.05) is 6.92 Å². The minimum atomic E-state index is 0.338. The summed E-state index contributed by atoms with van der Waals surface area (Å²) in [5.41, 5.74) is 1.09. The van der Waals surface area contributed by atoms with Crippen LogP contribution in [0.4, 0.5) is 0 Å². The van der Waals surface area contributed by atoms with Gasteiger partial charge in [0.1, 0.15) is 0 Å². The zero-order valence-corrected chi connectivity index (χ0v) is 9.67. The molecule has 0 bridgehead atoms. The number of hydrogen-bond acceptors (Lipinski definition) is 4. The number of aromatic nitrogens is 1. The van der Waals surface area contributed by atoms with Crippen molar-refractivity contribution in [2.45, 2.75) is 19.4 Å². The maximum Gasteiger partial charge on any atom is 0.162 e.